The Morgan fingerprint density at radius 2 is 1.80 bits per heavy atom. The molecule has 2 aromatic carbocycles. The summed E-state index contributed by atoms with van der Waals surface area (Å²) in [7, 11) is 0. The Bertz CT molecular complexity index is 847. The number of nitrogens with zero attached hydrogens (tertiary/aromatic N) is 1. The molecular formula is C17H14ClN3O4. The van der Waals surface area contributed by atoms with E-state index in [9.17, 15) is 19.7 Å². The highest BCUT2D eigenvalue weighted by Gasteiger charge is 2.09. The fourth-order valence-electron chi connectivity index (χ4n) is 1.85. The van der Waals surface area contributed by atoms with Gasteiger partial charge >= 0.3 is 0 Å². The molecule has 2 aromatic rings. The molecule has 0 radical (unpaired) electrons. The molecule has 128 valence electrons. The van der Waals surface area contributed by atoms with E-state index in [1.54, 1.807) is 18.2 Å². The van der Waals surface area contributed by atoms with Crippen LogP contribution in [0.5, 0.6) is 0 Å². The molecule has 0 saturated heterocycles. The second kappa shape index (κ2) is 8.07. The van der Waals surface area contributed by atoms with Crippen LogP contribution in [0.3, 0.4) is 0 Å². The van der Waals surface area contributed by atoms with Gasteiger partial charge in [0.1, 0.15) is 0 Å². The summed E-state index contributed by atoms with van der Waals surface area (Å²) in [5.74, 6) is -1.12. The van der Waals surface area contributed by atoms with Gasteiger partial charge in [-0.05, 0) is 42.3 Å². The first-order chi connectivity index (χ1) is 11.9. The molecule has 0 unspecified atom stereocenters. The Kier molecular flexibility index (Phi) is 5.86. The number of nitro benzene ring substituents is 1. The van der Waals surface area contributed by atoms with E-state index in [0.717, 1.165) is 11.1 Å². The van der Waals surface area contributed by atoms with E-state index >= 15 is 0 Å². The normalized spacial score (nSPS) is 10.5. The van der Waals surface area contributed by atoms with Crippen molar-refractivity contribution in [1.29, 1.82) is 0 Å². The van der Waals surface area contributed by atoms with Crippen LogP contribution in [0.15, 0.2) is 48.5 Å². The summed E-state index contributed by atoms with van der Waals surface area (Å²) >= 11 is 6.00. The molecular weight excluding hydrogens is 346 g/mol. The van der Waals surface area contributed by atoms with E-state index in [-0.39, 0.29) is 11.3 Å². The van der Waals surface area contributed by atoms with Crippen molar-refractivity contribution in [2.45, 2.75) is 6.92 Å². The molecule has 7 nitrogen and oxygen atoms in total. The number of nitro groups is 1. The summed E-state index contributed by atoms with van der Waals surface area (Å²) in [4.78, 5) is 33.6. The van der Waals surface area contributed by atoms with Gasteiger partial charge in [-0.25, -0.2) is 0 Å². The van der Waals surface area contributed by atoms with E-state index in [1.165, 1.54) is 30.3 Å². The maximum absolute atomic E-state index is 11.8. The lowest BCUT2D eigenvalue weighted by Crippen LogP contribution is -2.40. The lowest BCUT2D eigenvalue weighted by molar-refractivity contribution is -0.384. The van der Waals surface area contributed by atoms with Crippen molar-refractivity contribution >= 4 is 35.2 Å². The number of hydrogen-bond acceptors (Lipinski definition) is 4. The predicted molar refractivity (Wildman–Crippen MR) is 93.9 cm³/mol. The van der Waals surface area contributed by atoms with Crippen LogP contribution >= 0.6 is 11.6 Å². The molecule has 0 atom stereocenters. The molecule has 2 rings (SSSR count). The number of benzene rings is 2. The number of amides is 2. The van der Waals surface area contributed by atoms with E-state index in [0.29, 0.717) is 5.02 Å². The molecule has 0 aliphatic heterocycles. The molecule has 0 aliphatic carbocycles. The van der Waals surface area contributed by atoms with Crippen molar-refractivity contribution in [1.82, 2.24) is 10.9 Å². The van der Waals surface area contributed by atoms with Crippen molar-refractivity contribution in [3.63, 3.8) is 0 Å². The van der Waals surface area contributed by atoms with Crippen LogP contribution in [-0.4, -0.2) is 16.7 Å². The van der Waals surface area contributed by atoms with E-state index in [4.69, 9.17) is 11.6 Å². The number of rotatable bonds is 4. The molecule has 2 N–H and O–H groups in total. The van der Waals surface area contributed by atoms with Gasteiger partial charge in [0.05, 0.1) is 4.92 Å². The third kappa shape index (κ3) is 5.15. The van der Waals surface area contributed by atoms with Crippen LogP contribution in [0.4, 0.5) is 5.69 Å². The number of hydrogen-bond donors (Lipinski definition) is 2. The minimum Gasteiger partial charge on any atom is -0.268 e. The molecule has 0 fully saturated rings. The van der Waals surface area contributed by atoms with Gasteiger partial charge in [-0.15, -0.1) is 0 Å². The summed E-state index contributed by atoms with van der Waals surface area (Å²) in [6.07, 6.45) is 2.80. The first-order valence-corrected chi connectivity index (χ1v) is 7.53. The Hall–Kier alpha value is -3.19. The van der Waals surface area contributed by atoms with Crippen molar-refractivity contribution in [3.05, 3.63) is 80.4 Å². The molecule has 2 amide bonds. The van der Waals surface area contributed by atoms with E-state index < -0.39 is 16.7 Å². The second-order valence-electron chi connectivity index (χ2n) is 5.09. The molecule has 0 heterocycles. The van der Waals surface area contributed by atoms with Crippen molar-refractivity contribution in [3.8, 4) is 0 Å². The quantitative estimate of drug-likeness (QED) is 0.497. The minimum absolute atomic E-state index is 0.125. The molecule has 0 spiro atoms. The number of carbonyl (C=O) groups is 2. The fraction of sp³-hybridized carbons (Fsp3) is 0.0588. The van der Waals surface area contributed by atoms with Gasteiger partial charge in [-0.2, -0.15) is 0 Å². The summed E-state index contributed by atoms with van der Waals surface area (Å²) in [5, 5.41) is 11.1. The Balaban J connectivity index is 1.90. The Labute approximate surface area is 148 Å². The van der Waals surface area contributed by atoms with Gasteiger partial charge < -0.3 is 0 Å². The molecule has 8 heteroatoms. The van der Waals surface area contributed by atoms with Crippen molar-refractivity contribution < 1.29 is 14.5 Å². The largest absolute Gasteiger partial charge is 0.269 e. The lowest BCUT2D eigenvalue weighted by Gasteiger charge is -2.05. The summed E-state index contributed by atoms with van der Waals surface area (Å²) < 4.78 is 0. The molecule has 0 bridgehead atoms. The number of carbonyl (C=O) groups excluding carboxylic acids is 2. The summed E-state index contributed by atoms with van der Waals surface area (Å²) in [5.41, 5.74) is 6.17. The van der Waals surface area contributed by atoms with Crippen LogP contribution in [0, 0.1) is 17.0 Å². The standard InChI is InChI=1S/C17H14ClN3O4/c1-11-2-3-12(10-15(11)18)4-9-16(22)19-20-17(23)13-5-7-14(8-6-13)21(24)25/h2-10H,1H3,(H,19,22)(H,20,23)/b9-4+. The van der Waals surface area contributed by atoms with Crippen LogP contribution in [0.2, 0.25) is 5.02 Å². The summed E-state index contributed by atoms with van der Waals surface area (Å²) in [6.45, 7) is 1.87. The van der Waals surface area contributed by atoms with Crippen molar-refractivity contribution in [2.24, 2.45) is 0 Å². The number of halogens is 1. The van der Waals surface area contributed by atoms with Gasteiger partial charge in [0.2, 0.25) is 0 Å². The predicted octanol–water partition coefficient (Wildman–Crippen LogP) is 3.03. The highest BCUT2D eigenvalue weighted by atomic mass is 35.5. The third-order valence-corrected chi connectivity index (χ3v) is 3.67. The number of non-ortho nitro benzene ring substituents is 1. The number of aryl methyl sites for hydroxylation is 1. The monoisotopic (exact) mass is 359 g/mol. The van der Waals surface area contributed by atoms with Gasteiger partial charge in [-0.3, -0.25) is 30.6 Å². The van der Waals surface area contributed by atoms with Gasteiger partial charge in [0.15, 0.2) is 0 Å². The molecule has 0 saturated carbocycles. The first-order valence-electron chi connectivity index (χ1n) is 7.16. The van der Waals surface area contributed by atoms with E-state index in [2.05, 4.69) is 10.9 Å². The van der Waals surface area contributed by atoms with Gasteiger partial charge in [-0.1, -0.05) is 23.7 Å². The summed E-state index contributed by atoms with van der Waals surface area (Å²) in [6, 6.07) is 10.4. The third-order valence-electron chi connectivity index (χ3n) is 3.26. The van der Waals surface area contributed by atoms with Gasteiger partial charge in [0, 0.05) is 28.8 Å². The topological polar surface area (TPSA) is 101 Å². The highest BCUT2D eigenvalue weighted by Crippen LogP contribution is 2.17. The Morgan fingerprint density at radius 3 is 2.40 bits per heavy atom. The average Bonchev–Trinajstić information content (AvgIpc) is 2.60. The SMILES string of the molecule is Cc1ccc(/C=C/C(=O)NNC(=O)c2ccc([N+](=O)[O-])cc2)cc1Cl. The zero-order valence-electron chi connectivity index (χ0n) is 13.2. The van der Waals surface area contributed by atoms with Crippen LogP contribution in [0.1, 0.15) is 21.5 Å². The molecule has 25 heavy (non-hydrogen) atoms. The maximum Gasteiger partial charge on any atom is 0.269 e. The van der Waals surface area contributed by atoms with Crippen LogP contribution in [-0.2, 0) is 4.79 Å². The second-order valence-corrected chi connectivity index (χ2v) is 5.50. The molecule has 0 aromatic heterocycles. The highest BCUT2D eigenvalue weighted by molar-refractivity contribution is 6.31. The minimum atomic E-state index is -0.588. The van der Waals surface area contributed by atoms with Crippen molar-refractivity contribution in [2.75, 3.05) is 0 Å². The smallest absolute Gasteiger partial charge is 0.268 e. The molecule has 0 aliphatic rings. The fourth-order valence-corrected chi connectivity index (χ4v) is 2.04. The number of nitrogens with one attached hydrogen (secondary N) is 2. The van der Waals surface area contributed by atoms with Crippen LogP contribution < -0.4 is 10.9 Å². The zero-order chi connectivity index (χ0) is 18.4. The average molecular weight is 360 g/mol. The van der Waals surface area contributed by atoms with Crippen LogP contribution in [0.25, 0.3) is 6.08 Å². The number of hydrazine groups is 1. The maximum atomic E-state index is 11.8. The van der Waals surface area contributed by atoms with E-state index in [1.807, 2.05) is 13.0 Å². The first kappa shape index (κ1) is 18.2. The zero-order valence-corrected chi connectivity index (χ0v) is 13.9. The Morgan fingerprint density at radius 1 is 1.12 bits per heavy atom. The van der Waals surface area contributed by atoms with Gasteiger partial charge in [0.25, 0.3) is 17.5 Å². The lowest BCUT2D eigenvalue weighted by atomic mass is 10.1.